The van der Waals surface area contributed by atoms with Gasteiger partial charge in [-0.2, -0.15) is 0 Å². The van der Waals surface area contributed by atoms with Gasteiger partial charge in [-0.3, -0.25) is 5.43 Å². The molecule has 0 aromatic heterocycles. The van der Waals surface area contributed by atoms with Crippen molar-refractivity contribution in [1.82, 2.24) is 5.43 Å². The summed E-state index contributed by atoms with van der Waals surface area (Å²) < 4.78 is 0. The van der Waals surface area contributed by atoms with Crippen molar-refractivity contribution in [3.63, 3.8) is 0 Å². The zero-order chi connectivity index (χ0) is 9.97. The van der Waals surface area contributed by atoms with Gasteiger partial charge in [-0.15, -0.1) is 0 Å². The van der Waals surface area contributed by atoms with E-state index in [0.717, 1.165) is 5.69 Å². The van der Waals surface area contributed by atoms with Crippen LogP contribution < -0.4 is 16.2 Å². The molecule has 0 bridgehead atoms. The molecule has 3 nitrogen and oxygen atoms in total. The molecular formula is C10H10ClN3. The summed E-state index contributed by atoms with van der Waals surface area (Å²) in [6.07, 6.45) is 3.39. The second kappa shape index (κ2) is 3.64. The van der Waals surface area contributed by atoms with Gasteiger partial charge in [0.2, 0.25) is 0 Å². The number of allylic oxidation sites excluding steroid dienone is 1. The number of nitrogens with zero attached hydrogens (tertiary/aromatic N) is 1. The first kappa shape index (κ1) is 8.97. The van der Waals surface area contributed by atoms with Crippen LogP contribution in [0.2, 0.25) is 0 Å². The van der Waals surface area contributed by atoms with Gasteiger partial charge in [0.25, 0.3) is 0 Å². The van der Waals surface area contributed by atoms with Crippen molar-refractivity contribution in [2.24, 2.45) is 5.73 Å². The van der Waals surface area contributed by atoms with Crippen LogP contribution in [0.25, 0.3) is 0 Å². The fourth-order valence-corrected chi connectivity index (χ4v) is 1.49. The van der Waals surface area contributed by atoms with Crippen molar-refractivity contribution in [2.75, 3.05) is 5.01 Å². The SMILES string of the molecule is NC1=CNN(c2ccccc2)C(Cl)=C1. The number of hydrogen-bond acceptors (Lipinski definition) is 3. The van der Waals surface area contributed by atoms with Gasteiger partial charge in [0, 0.05) is 6.20 Å². The van der Waals surface area contributed by atoms with Crippen LogP contribution in [0.1, 0.15) is 0 Å². The molecule has 0 atom stereocenters. The van der Waals surface area contributed by atoms with E-state index in [4.69, 9.17) is 17.3 Å². The number of rotatable bonds is 1. The van der Waals surface area contributed by atoms with Crippen LogP contribution in [0.3, 0.4) is 0 Å². The third-order valence-corrected chi connectivity index (χ3v) is 2.15. The monoisotopic (exact) mass is 207 g/mol. The van der Waals surface area contributed by atoms with Crippen LogP contribution in [-0.2, 0) is 0 Å². The summed E-state index contributed by atoms with van der Waals surface area (Å²) in [6.45, 7) is 0. The van der Waals surface area contributed by atoms with Crippen LogP contribution in [0.4, 0.5) is 5.69 Å². The molecule has 0 radical (unpaired) electrons. The number of halogens is 1. The first-order valence-corrected chi connectivity index (χ1v) is 4.59. The summed E-state index contributed by atoms with van der Waals surface area (Å²) in [5.74, 6) is 0. The van der Waals surface area contributed by atoms with Gasteiger partial charge in [-0.25, -0.2) is 5.01 Å². The van der Waals surface area contributed by atoms with Gasteiger partial charge in [0.05, 0.1) is 11.4 Å². The highest BCUT2D eigenvalue weighted by atomic mass is 35.5. The molecule has 0 aliphatic carbocycles. The number of para-hydroxylation sites is 1. The van der Waals surface area contributed by atoms with Gasteiger partial charge in [0.15, 0.2) is 0 Å². The third kappa shape index (κ3) is 1.67. The van der Waals surface area contributed by atoms with Crippen molar-refractivity contribution in [3.05, 3.63) is 53.5 Å². The summed E-state index contributed by atoms with van der Waals surface area (Å²) in [7, 11) is 0. The Balaban J connectivity index is 2.27. The van der Waals surface area contributed by atoms with Crippen LogP contribution >= 0.6 is 11.6 Å². The molecule has 2 rings (SSSR count). The minimum Gasteiger partial charge on any atom is -0.397 e. The maximum Gasteiger partial charge on any atom is 0.131 e. The third-order valence-electron chi connectivity index (χ3n) is 1.87. The Kier molecular flexibility index (Phi) is 2.33. The molecule has 0 saturated heterocycles. The van der Waals surface area contributed by atoms with Crippen molar-refractivity contribution >= 4 is 17.3 Å². The first-order chi connectivity index (χ1) is 6.77. The van der Waals surface area contributed by atoms with E-state index in [1.54, 1.807) is 17.3 Å². The van der Waals surface area contributed by atoms with Gasteiger partial charge in [0.1, 0.15) is 5.16 Å². The molecule has 0 spiro atoms. The Morgan fingerprint density at radius 2 is 1.93 bits per heavy atom. The second-order valence-corrected chi connectivity index (χ2v) is 3.30. The Bertz CT molecular complexity index is 384. The summed E-state index contributed by atoms with van der Waals surface area (Å²) in [5, 5.41) is 2.30. The van der Waals surface area contributed by atoms with E-state index in [9.17, 15) is 0 Å². The Hall–Kier alpha value is -1.61. The molecule has 0 fully saturated rings. The number of hydrogen-bond donors (Lipinski definition) is 2. The molecule has 0 unspecified atom stereocenters. The van der Waals surface area contributed by atoms with Gasteiger partial charge >= 0.3 is 0 Å². The van der Waals surface area contributed by atoms with E-state index >= 15 is 0 Å². The summed E-state index contributed by atoms with van der Waals surface area (Å²) in [4.78, 5) is 0. The summed E-state index contributed by atoms with van der Waals surface area (Å²) in [5.41, 5.74) is 10.1. The van der Waals surface area contributed by atoms with Gasteiger partial charge in [-0.05, 0) is 18.2 Å². The van der Waals surface area contributed by atoms with Crippen LogP contribution in [-0.4, -0.2) is 0 Å². The Morgan fingerprint density at radius 3 is 2.57 bits per heavy atom. The molecule has 1 aromatic rings. The fraction of sp³-hybridized carbons (Fsp3) is 0. The Morgan fingerprint density at radius 1 is 1.21 bits per heavy atom. The van der Waals surface area contributed by atoms with Gasteiger partial charge in [-0.1, -0.05) is 29.8 Å². The van der Waals surface area contributed by atoms with Crippen molar-refractivity contribution in [1.29, 1.82) is 0 Å². The molecule has 1 aromatic carbocycles. The van der Waals surface area contributed by atoms with E-state index in [-0.39, 0.29) is 0 Å². The lowest BCUT2D eigenvalue weighted by Crippen LogP contribution is -2.35. The highest BCUT2D eigenvalue weighted by Gasteiger charge is 2.11. The average molecular weight is 208 g/mol. The van der Waals surface area contributed by atoms with E-state index in [2.05, 4.69) is 5.43 Å². The number of hydrazine groups is 1. The quantitative estimate of drug-likeness (QED) is 0.691. The largest absolute Gasteiger partial charge is 0.397 e. The molecule has 3 N–H and O–H groups in total. The average Bonchev–Trinajstić information content (AvgIpc) is 2.19. The highest BCUT2D eigenvalue weighted by Crippen LogP contribution is 2.21. The minimum absolute atomic E-state index is 0.552. The lowest BCUT2D eigenvalue weighted by Gasteiger charge is -2.26. The predicted octanol–water partition coefficient (Wildman–Crippen LogP) is 1.89. The van der Waals surface area contributed by atoms with E-state index in [0.29, 0.717) is 10.9 Å². The topological polar surface area (TPSA) is 41.3 Å². The summed E-state index contributed by atoms with van der Waals surface area (Å²) in [6, 6.07) is 9.76. The normalized spacial score (nSPS) is 15.6. The van der Waals surface area contributed by atoms with E-state index < -0.39 is 0 Å². The van der Waals surface area contributed by atoms with Crippen molar-refractivity contribution in [3.8, 4) is 0 Å². The van der Waals surface area contributed by atoms with Crippen molar-refractivity contribution < 1.29 is 0 Å². The number of anilines is 1. The van der Waals surface area contributed by atoms with Crippen molar-refractivity contribution in [2.45, 2.75) is 0 Å². The summed E-state index contributed by atoms with van der Waals surface area (Å²) >= 11 is 6.02. The molecule has 1 aliphatic rings. The molecule has 72 valence electrons. The molecular weight excluding hydrogens is 198 g/mol. The second-order valence-electron chi connectivity index (χ2n) is 2.91. The zero-order valence-corrected chi connectivity index (χ0v) is 8.20. The van der Waals surface area contributed by atoms with Crippen LogP contribution in [0.15, 0.2) is 53.5 Å². The van der Waals surface area contributed by atoms with Gasteiger partial charge < -0.3 is 5.73 Å². The van der Waals surface area contributed by atoms with E-state index in [1.807, 2.05) is 30.3 Å². The number of nitrogens with one attached hydrogen (secondary N) is 1. The van der Waals surface area contributed by atoms with E-state index in [1.165, 1.54) is 0 Å². The highest BCUT2D eigenvalue weighted by molar-refractivity contribution is 6.31. The molecule has 0 saturated carbocycles. The zero-order valence-electron chi connectivity index (χ0n) is 7.44. The molecule has 0 amide bonds. The fourth-order valence-electron chi connectivity index (χ4n) is 1.22. The molecule has 14 heavy (non-hydrogen) atoms. The molecule has 1 heterocycles. The number of benzene rings is 1. The predicted molar refractivity (Wildman–Crippen MR) is 58.3 cm³/mol. The van der Waals surface area contributed by atoms with Crippen LogP contribution in [0.5, 0.6) is 0 Å². The maximum absolute atomic E-state index is 6.02. The standard InChI is InChI=1S/C10H10ClN3/c11-10-6-8(12)7-13-14(10)9-4-2-1-3-5-9/h1-7,13H,12H2. The molecule has 1 aliphatic heterocycles. The molecule has 4 heteroatoms. The van der Waals surface area contributed by atoms with Crippen LogP contribution in [0, 0.1) is 0 Å². The minimum atomic E-state index is 0.552. The Labute approximate surface area is 87.4 Å². The maximum atomic E-state index is 6.02. The lowest BCUT2D eigenvalue weighted by atomic mass is 10.3. The first-order valence-electron chi connectivity index (χ1n) is 4.21. The number of nitrogens with two attached hydrogens (primary N) is 1. The smallest absolute Gasteiger partial charge is 0.131 e. The lowest BCUT2D eigenvalue weighted by molar-refractivity contribution is 0.841.